The van der Waals surface area contributed by atoms with Gasteiger partial charge in [0, 0.05) is 5.41 Å². The maximum atomic E-state index is 5.64. The maximum absolute atomic E-state index is 5.64. The van der Waals surface area contributed by atoms with Gasteiger partial charge < -0.3 is 9.62 Å². The molecule has 0 aromatic rings. The maximum Gasteiger partial charge on any atom is 0.182 e. The summed E-state index contributed by atoms with van der Waals surface area (Å²) in [6.07, 6.45) is 1.22. The van der Waals surface area contributed by atoms with Crippen molar-refractivity contribution >= 4 is 16.0 Å². The molecule has 1 spiro atoms. The number of hydrogen-bond donors (Lipinski definition) is 0. The van der Waals surface area contributed by atoms with Crippen molar-refractivity contribution in [3.8, 4) is 0 Å². The highest BCUT2D eigenvalue weighted by atomic mass is 15.2. The van der Waals surface area contributed by atoms with Crippen LogP contribution in [0.25, 0.3) is 0 Å². The first kappa shape index (κ1) is 6.74. The Kier molecular flexibility index (Phi) is 1.36. The van der Waals surface area contributed by atoms with Crippen molar-refractivity contribution in [3.63, 3.8) is 0 Å². The molecule has 2 fully saturated rings. The Morgan fingerprint density at radius 1 is 1.00 bits per heavy atom. The average Bonchev–Trinajstić information content (AvgIpc) is 2.10. The molecule has 0 aromatic heterocycles. The fraction of sp³-hybridized carbons (Fsp3) is 1.00. The molecule has 0 aliphatic carbocycles. The summed E-state index contributed by atoms with van der Waals surface area (Å²) in [5.74, 6) is 0. The zero-order chi connectivity index (χ0) is 7.19. The molecule has 0 bridgehead atoms. The molecule has 2 saturated heterocycles. The SMILES string of the molecule is [B]N1CCC2(C1)CN([B])C2. The molecule has 2 aliphatic rings. The van der Waals surface area contributed by atoms with Gasteiger partial charge in [-0.3, -0.25) is 0 Å². The van der Waals surface area contributed by atoms with Gasteiger partial charge in [-0.05, 0) is 32.6 Å². The molecular formula is C6H10B2N2. The van der Waals surface area contributed by atoms with Crippen LogP contribution in [0.5, 0.6) is 0 Å². The fourth-order valence-electron chi connectivity index (χ4n) is 2.04. The van der Waals surface area contributed by atoms with Gasteiger partial charge in [0.2, 0.25) is 0 Å². The van der Waals surface area contributed by atoms with Crippen LogP contribution >= 0.6 is 0 Å². The minimum atomic E-state index is 0.462. The van der Waals surface area contributed by atoms with Gasteiger partial charge in [-0.1, -0.05) is 0 Å². The van der Waals surface area contributed by atoms with E-state index in [2.05, 4.69) is 0 Å². The normalized spacial score (nSPS) is 32.8. The number of rotatable bonds is 0. The lowest BCUT2D eigenvalue weighted by molar-refractivity contribution is 0.0885. The minimum absolute atomic E-state index is 0.462. The van der Waals surface area contributed by atoms with Crippen LogP contribution < -0.4 is 0 Å². The third-order valence-electron chi connectivity index (χ3n) is 2.54. The predicted octanol–water partition coefficient (Wildman–Crippen LogP) is -0.839. The van der Waals surface area contributed by atoms with Crippen molar-refractivity contribution < 1.29 is 0 Å². The van der Waals surface area contributed by atoms with Gasteiger partial charge in [-0.15, -0.1) is 0 Å². The van der Waals surface area contributed by atoms with E-state index in [9.17, 15) is 0 Å². The van der Waals surface area contributed by atoms with Crippen LogP contribution in [0.1, 0.15) is 6.42 Å². The highest BCUT2D eigenvalue weighted by molar-refractivity contribution is 6.05. The second-order valence-corrected chi connectivity index (χ2v) is 3.63. The summed E-state index contributed by atoms with van der Waals surface area (Å²) in [7, 11) is 11.2. The van der Waals surface area contributed by atoms with E-state index in [0.29, 0.717) is 5.41 Å². The van der Waals surface area contributed by atoms with E-state index >= 15 is 0 Å². The van der Waals surface area contributed by atoms with Crippen molar-refractivity contribution in [1.82, 2.24) is 9.62 Å². The Labute approximate surface area is 64.4 Å². The molecule has 0 amide bonds. The first-order valence-corrected chi connectivity index (χ1v) is 3.70. The van der Waals surface area contributed by atoms with Crippen LogP contribution in [0.3, 0.4) is 0 Å². The van der Waals surface area contributed by atoms with E-state index in [-0.39, 0.29) is 0 Å². The standard InChI is InChI=1S/C6H10B2N2/c7-9-2-1-6(3-9)4-10(8)5-6/h1-5H2. The predicted molar refractivity (Wildman–Crippen MR) is 41.7 cm³/mol. The first-order chi connectivity index (χ1) is 4.70. The summed E-state index contributed by atoms with van der Waals surface area (Å²) in [6.45, 7) is 4.12. The lowest BCUT2D eigenvalue weighted by Gasteiger charge is -2.47. The van der Waals surface area contributed by atoms with Crippen molar-refractivity contribution in [2.24, 2.45) is 5.41 Å². The smallest absolute Gasteiger partial charge is 0.182 e. The molecule has 0 N–H and O–H groups in total. The lowest BCUT2D eigenvalue weighted by Crippen LogP contribution is -2.56. The third-order valence-corrected chi connectivity index (χ3v) is 2.54. The van der Waals surface area contributed by atoms with E-state index < -0.39 is 0 Å². The Morgan fingerprint density at radius 2 is 1.60 bits per heavy atom. The van der Waals surface area contributed by atoms with Gasteiger partial charge in [0.25, 0.3) is 0 Å². The second kappa shape index (κ2) is 2.02. The molecule has 4 radical (unpaired) electrons. The zero-order valence-corrected chi connectivity index (χ0v) is 6.08. The highest BCUT2D eigenvalue weighted by Gasteiger charge is 2.43. The highest BCUT2D eigenvalue weighted by Crippen LogP contribution is 2.37. The molecule has 50 valence electrons. The molecule has 0 atom stereocenters. The number of hydrogen-bond acceptors (Lipinski definition) is 2. The molecule has 0 unspecified atom stereocenters. The monoisotopic (exact) mass is 132 g/mol. The van der Waals surface area contributed by atoms with E-state index in [1.54, 1.807) is 0 Å². The Bertz CT molecular complexity index is 139. The molecule has 2 rings (SSSR count). The third kappa shape index (κ3) is 0.903. The summed E-state index contributed by atoms with van der Waals surface area (Å²) in [6, 6.07) is 0. The topological polar surface area (TPSA) is 6.48 Å². The van der Waals surface area contributed by atoms with Gasteiger partial charge in [-0.2, -0.15) is 0 Å². The quantitative estimate of drug-likeness (QED) is 0.396. The summed E-state index contributed by atoms with van der Waals surface area (Å²) < 4.78 is 0. The summed E-state index contributed by atoms with van der Waals surface area (Å²) in [5, 5.41) is 0. The van der Waals surface area contributed by atoms with Crippen LogP contribution in [0, 0.1) is 5.41 Å². The van der Waals surface area contributed by atoms with E-state index in [1.165, 1.54) is 6.42 Å². The van der Waals surface area contributed by atoms with Crippen LogP contribution in [0.2, 0.25) is 0 Å². The molecule has 10 heavy (non-hydrogen) atoms. The van der Waals surface area contributed by atoms with Crippen LogP contribution in [0.15, 0.2) is 0 Å². The average molecular weight is 132 g/mol. The number of nitrogens with zero attached hydrogens (tertiary/aromatic N) is 2. The Balaban J connectivity index is 1.95. The molecule has 2 nitrogen and oxygen atoms in total. The summed E-state index contributed by atoms with van der Waals surface area (Å²) in [5.41, 5.74) is 0.462. The van der Waals surface area contributed by atoms with Crippen LogP contribution in [-0.4, -0.2) is 51.8 Å². The minimum Gasteiger partial charge on any atom is -0.353 e. The fourth-order valence-corrected chi connectivity index (χ4v) is 2.04. The summed E-state index contributed by atoms with van der Waals surface area (Å²) >= 11 is 0. The van der Waals surface area contributed by atoms with Gasteiger partial charge in [0.15, 0.2) is 16.0 Å². The largest absolute Gasteiger partial charge is 0.353 e. The first-order valence-electron chi connectivity index (χ1n) is 3.70. The van der Waals surface area contributed by atoms with Crippen molar-refractivity contribution in [1.29, 1.82) is 0 Å². The van der Waals surface area contributed by atoms with E-state index in [4.69, 9.17) is 16.0 Å². The van der Waals surface area contributed by atoms with E-state index in [1.807, 2.05) is 9.62 Å². The molecule has 0 saturated carbocycles. The molecule has 0 aromatic carbocycles. The second-order valence-electron chi connectivity index (χ2n) is 3.63. The van der Waals surface area contributed by atoms with Gasteiger partial charge in [0.1, 0.15) is 0 Å². The molecule has 2 heterocycles. The van der Waals surface area contributed by atoms with Gasteiger partial charge >= 0.3 is 0 Å². The molecular weight excluding hydrogens is 122 g/mol. The Hall–Kier alpha value is 0.0499. The van der Waals surface area contributed by atoms with E-state index in [0.717, 1.165) is 26.2 Å². The van der Waals surface area contributed by atoms with Gasteiger partial charge in [-0.25, -0.2) is 0 Å². The summed E-state index contributed by atoms with van der Waals surface area (Å²) in [4.78, 5) is 3.76. The zero-order valence-electron chi connectivity index (χ0n) is 6.08. The lowest BCUT2D eigenvalue weighted by atomic mass is 9.77. The Morgan fingerprint density at radius 3 is 2.00 bits per heavy atom. The molecule has 2 aliphatic heterocycles. The van der Waals surface area contributed by atoms with Crippen molar-refractivity contribution in [3.05, 3.63) is 0 Å². The van der Waals surface area contributed by atoms with Crippen molar-refractivity contribution in [2.75, 3.05) is 26.2 Å². The molecule has 4 heteroatoms. The van der Waals surface area contributed by atoms with Crippen LogP contribution in [-0.2, 0) is 0 Å². The van der Waals surface area contributed by atoms with Crippen LogP contribution in [0.4, 0.5) is 0 Å². The van der Waals surface area contributed by atoms with Gasteiger partial charge in [0.05, 0.1) is 0 Å². The van der Waals surface area contributed by atoms with Crippen molar-refractivity contribution in [2.45, 2.75) is 6.42 Å².